The fourth-order valence-electron chi connectivity index (χ4n) is 4.47. The maximum atomic E-state index is 13.0. The number of carboxylic acids is 2. The van der Waals surface area contributed by atoms with E-state index in [1.54, 1.807) is 0 Å². The van der Waals surface area contributed by atoms with Gasteiger partial charge >= 0.3 is 11.9 Å². The van der Waals surface area contributed by atoms with Crippen molar-refractivity contribution >= 4 is 70.0 Å². The molecule has 2 N–H and O–H groups in total. The molecule has 0 bridgehead atoms. The van der Waals surface area contributed by atoms with Gasteiger partial charge in [-0.15, -0.1) is 46.2 Å². The third kappa shape index (κ3) is 6.09. The molecule has 4 heterocycles. The van der Waals surface area contributed by atoms with E-state index in [0.717, 1.165) is 22.6 Å². The third-order valence-electron chi connectivity index (χ3n) is 6.25. The van der Waals surface area contributed by atoms with Crippen molar-refractivity contribution in [2.75, 3.05) is 11.5 Å². The highest BCUT2D eigenvalue weighted by atomic mass is 32.2. The van der Waals surface area contributed by atoms with Crippen LogP contribution in [0.2, 0.25) is 0 Å². The van der Waals surface area contributed by atoms with Crippen molar-refractivity contribution in [1.29, 1.82) is 0 Å². The highest BCUT2D eigenvalue weighted by molar-refractivity contribution is 8.00. The predicted octanol–water partition coefficient (Wildman–Crippen LogP) is 4.90. The van der Waals surface area contributed by atoms with Crippen LogP contribution in [-0.4, -0.2) is 67.4 Å². The van der Waals surface area contributed by atoms with Gasteiger partial charge in [-0.1, -0.05) is 25.0 Å². The minimum absolute atomic E-state index is 0.154. The zero-order valence-corrected chi connectivity index (χ0v) is 22.8. The summed E-state index contributed by atoms with van der Waals surface area (Å²) in [5, 5.41) is 22.5. The van der Waals surface area contributed by atoms with Gasteiger partial charge in [0.05, 0.1) is 0 Å². The zero-order valence-electron chi connectivity index (χ0n) is 19.5. The van der Waals surface area contributed by atoms with E-state index in [4.69, 9.17) is 0 Å². The van der Waals surface area contributed by atoms with Crippen LogP contribution in [0.25, 0.3) is 0 Å². The summed E-state index contributed by atoms with van der Waals surface area (Å²) in [6.45, 7) is 0. The van der Waals surface area contributed by atoms with Gasteiger partial charge in [0, 0.05) is 34.1 Å². The number of carbonyl (C=O) groups excluding carboxylic acids is 2. The standard InChI is InChI=1S/C24H28N2O6S4/c27-19(25-15(23(29)30)13-35-21(25)17-7-5-11-33-17)9-3-1-2-4-10-20(28)26-16(24(31)32)14-36-22(26)18-8-6-12-34-18/h5-8,11-12,15-16,21-22H,1-4,9-10,13-14H2,(H,29,30)(H,31,32)/t15-,16-,21?,22?/m0/s1. The van der Waals surface area contributed by atoms with Gasteiger partial charge in [-0.2, -0.15) is 0 Å². The van der Waals surface area contributed by atoms with Crippen LogP contribution in [0.1, 0.15) is 59.0 Å². The SMILES string of the molecule is O=C(O)[C@@H]1CSC(c2cccs2)N1C(=O)CCCCCCC(=O)N1C(c2cccs2)SC[C@H]1C(=O)O. The molecule has 2 saturated heterocycles. The lowest BCUT2D eigenvalue weighted by molar-refractivity contribution is -0.149. The summed E-state index contributed by atoms with van der Waals surface area (Å²) in [6.07, 6.45) is 3.26. The Hall–Kier alpha value is -2.02. The Kier molecular flexibility index (Phi) is 9.37. The predicted molar refractivity (Wildman–Crippen MR) is 143 cm³/mol. The van der Waals surface area contributed by atoms with Gasteiger partial charge in [-0.3, -0.25) is 9.59 Å². The van der Waals surface area contributed by atoms with E-state index in [1.165, 1.54) is 56.0 Å². The first kappa shape index (κ1) is 27.0. The molecule has 4 atom stereocenters. The van der Waals surface area contributed by atoms with E-state index < -0.39 is 24.0 Å². The smallest absolute Gasteiger partial charge is 0.327 e. The van der Waals surface area contributed by atoms with Crippen molar-refractivity contribution in [1.82, 2.24) is 9.80 Å². The lowest BCUT2D eigenvalue weighted by atomic mass is 10.1. The van der Waals surface area contributed by atoms with Crippen LogP contribution in [0, 0.1) is 0 Å². The number of amides is 2. The second kappa shape index (κ2) is 12.5. The number of carbonyl (C=O) groups is 4. The summed E-state index contributed by atoms with van der Waals surface area (Å²) in [5.41, 5.74) is 0. The molecular weight excluding hydrogens is 541 g/mol. The lowest BCUT2D eigenvalue weighted by Crippen LogP contribution is -2.42. The molecule has 0 radical (unpaired) electrons. The molecule has 2 aromatic heterocycles. The van der Waals surface area contributed by atoms with Crippen LogP contribution in [0.15, 0.2) is 35.0 Å². The lowest BCUT2D eigenvalue weighted by Gasteiger charge is -2.27. The summed E-state index contributed by atoms with van der Waals surface area (Å²) in [6, 6.07) is 6.04. The number of thioether (sulfide) groups is 2. The highest BCUT2D eigenvalue weighted by Crippen LogP contribution is 2.44. The largest absolute Gasteiger partial charge is 0.480 e. The van der Waals surface area contributed by atoms with Gasteiger partial charge < -0.3 is 20.0 Å². The molecule has 0 aromatic carbocycles. The minimum atomic E-state index is -0.978. The number of aliphatic carboxylic acids is 2. The number of carboxylic acid groups (broad SMARTS) is 2. The number of hydrogen-bond donors (Lipinski definition) is 2. The van der Waals surface area contributed by atoms with E-state index in [1.807, 2.05) is 35.0 Å². The van der Waals surface area contributed by atoms with E-state index in [0.29, 0.717) is 24.3 Å². The van der Waals surface area contributed by atoms with E-state index in [9.17, 15) is 29.4 Å². The average Bonchev–Trinajstić information content (AvgIpc) is 3.65. The molecule has 36 heavy (non-hydrogen) atoms. The fourth-order valence-corrected chi connectivity index (χ4v) is 9.28. The van der Waals surface area contributed by atoms with Crippen LogP contribution >= 0.6 is 46.2 Å². The second-order valence-electron chi connectivity index (χ2n) is 8.63. The molecule has 194 valence electrons. The first-order valence-corrected chi connectivity index (χ1v) is 15.6. The van der Waals surface area contributed by atoms with Gasteiger partial charge in [-0.25, -0.2) is 9.59 Å². The fraction of sp³-hybridized carbons (Fsp3) is 0.500. The summed E-state index contributed by atoms with van der Waals surface area (Å²) in [5.74, 6) is -1.50. The molecule has 2 aliphatic rings. The zero-order chi connectivity index (χ0) is 25.7. The summed E-state index contributed by atoms with van der Waals surface area (Å²) >= 11 is 6.02. The first-order valence-electron chi connectivity index (χ1n) is 11.8. The highest BCUT2D eigenvalue weighted by Gasteiger charge is 2.43. The average molecular weight is 569 g/mol. The minimum Gasteiger partial charge on any atom is -0.480 e. The van der Waals surface area contributed by atoms with Gasteiger partial charge in [0.25, 0.3) is 0 Å². The van der Waals surface area contributed by atoms with Gasteiger partial charge in [0.1, 0.15) is 22.8 Å². The van der Waals surface area contributed by atoms with Crippen LogP contribution in [0.4, 0.5) is 0 Å². The number of thiophene rings is 2. The molecule has 0 spiro atoms. The molecule has 8 nitrogen and oxygen atoms in total. The van der Waals surface area contributed by atoms with Crippen molar-refractivity contribution in [2.45, 2.75) is 61.4 Å². The molecule has 12 heteroatoms. The monoisotopic (exact) mass is 568 g/mol. The van der Waals surface area contributed by atoms with Crippen molar-refractivity contribution < 1.29 is 29.4 Å². The Labute approximate surface area is 226 Å². The van der Waals surface area contributed by atoms with Gasteiger partial charge in [0.2, 0.25) is 11.8 Å². The number of hydrogen-bond acceptors (Lipinski definition) is 8. The van der Waals surface area contributed by atoms with Crippen LogP contribution in [-0.2, 0) is 19.2 Å². The quantitative estimate of drug-likeness (QED) is 0.368. The van der Waals surface area contributed by atoms with Crippen LogP contribution in [0.5, 0.6) is 0 Å². The Morgan fingerprint density at radius 1 is 0.722 bits per heavy atom. The molecule has 2 amide bonds. The summed E-state index contributed by atoms with van der Waals surface area (Å²) in [4.78, 5) is 54.3. The van der Waals surface area contributed by atoms with Crippen molar-refractivity contribution in [3.8, 4) is 0 Å². The maximum Gasteiger partial charge on any atom is 0.327 e. The molecule has 0 aliphatic carbocycles. The second-order valence-corrected chi connectivity index (χ2v) is 12.8. The van der Waals surface area contributed by atoms with E-state index in [2.05, 4.69) is 0 Å². The molecule has 2 unspecified atom stereocenters. The van der Waals surface area contributed by atoms with Crippen LogP contribution < -0.4 is 0 Å². The maximum absolute atomic E-state index is 13.0. The van der Waals surface area contributed by atoms with Crippen molar-refractivity contribution in [3.63, 3.8) is 0 Å². The molecule has 4 rings (SSSR count). The van der Waals surface area contributed by atoms with E-state index in [-0.39, 0.29) is 35.4 Å². The molecule has 2 aromatic rings. The summed E-state index contributed by atoms with van der Waals surface area (Å²) < 4.78 is 0. The molecular formula is C24H28N2O6S4. The molecule has 2 fully saturated rings. The topological polar surface area (TPSA) is 115 Å². The Morgan fingerprint density at radius 2 is 1.14 bits per heavy atom. The van der Waals surface area contributed by atoms with Crippen molar-refractivity contribution in [3.05, 3.63) is 44.8 Å². The van der Waals surface area contributed by atoms with Gasteiger partial charge in [-0.05, 0) is 35.7 Å². The number of rotatable bonds is 11. The third-order valence-corrected chi connectivity index (χ3v) is 11.0. The molecule has 2 aliphatic heterocycles. The number of nitrogens with zero attached hydrogens (tertiary/aromatic N) is 2. The molecule has 0 saturated carbocycles. The summed E-state index contributed by atoms with van der Waals surface area (Å²) in [7, 11) is 0. The van der Waals surface area contributed by atoms with Gasteiger partial charge in [0.15, 0.2) is 0 Å². The normalized spacial score (nSPS) is 23.8. The van der Waals surface area contributed by atoms with Crippen molar-refractivity contribution in [2.24, 2.45) is 0 Å². The first-order chi connectivity index (χ1) is 17.4. The Bertz CT molecular complexity index is 977. The van der Waals surface area contributed by atoms with Crippen LogP contribution in [0.3, 0.4) is 0 Å². The van der Waals surface area contributed by atoms with E-state index >= 15 is 0 Å². The Balaban J connectivity index is 1.24. The Morgan fingerprint density at radius 3 is 1.47 bits per heavy atom. The number of unbranched alkanes of at least 4 members (excludes halogenated alkanes) is 3.